The van der Waals surface area contributed by atoms with Crippen molar-refractivity contribution in [2.45, 2.75) is 39.0 Å². The Morgan fingerprint density at radius 3 is 2.62 bits per heavy atom. The second-order valence-corrected chi connectivity index (χ2v) is 7.05. The van der Waals surface area contributed by atoms with Crippen LogP contribution in [0, 0.1) is 0 Å². The van der Waals surface area contributed by atoms with Crippen molar-refractivity contribution < 1.29 is 14.3 Å². The number of carbonyl (C=O) groups excluding carboxylic acids is 1. The average Bonchev–Trinajstić information content (AvgIpc) is 2.28. The molecule has 21 heavy (non-hydrogen) atoms. The van der Waals surface area contributed by atoms with Crippen LogP contribution in [0.4, 0.5) is 0 Å². The lowest BCUT2D eigenvalue weighted by Gasteiger charge is -2.37. The third-order valence-electron chi connectivity index (χ3n) is 2.85. The van der Waals surface area contributed by atoms with Crippen molar-refractivity contribution in [3.63, 3.8) is 0 Å². The van der Waals surface area contributed by atoms with Gasteiger partial charge in [0.1, 0.15) is 16.5 Å². The van der Waals surface area contributed by atoms with Gasteiger partial charge < -0.3 is 9.47 Å². The summed E-state index contributed by atoms with van der Waals surface area (Å²) < 4.78 is 11.8. The fraction of sp³-hybridized carbons (Fsp3) is 0.571. The van der Waals surface area contributed by atoms with Crippen molar-refractivity contribution in [2.75, 3.05) is 13.1 Å². The second kappa shape index (κ2) is 6.50. The van der Waals surface area contributed by atoms with Gasteiger partial charge in [-0.05, 0) is 49.2 Å². The molecule has 0 N–H and O–H groups in total. The molecule has 0 spiro atoms. The highest BCUT2D eigenvalue weighted by molar-refractivity contribution is 9.10. The van der Waals surface area contributed by atoms with Gasteiger partial charge in [0.15, 0.2) is 0 Å². The highest BCUT2D eigenvalue weighted by Gasteiger charge is 2.35. The summed E-state index contributed by atoms with van der Waals surface area (Å²) in [5, 5.41) is 0.347. The molecule has 1 fully saturated rings. The summed E-state index contributed by atoms with van der Waals surface area (Å²) in [6, 6.07) is 1.69. The zero-order chi connectivity index (χ0) is 15.6. The van der Waals surface area contributed by atoms with Crippen molar-refractivity contribution in [1.82, 2.24) is 9.88 Å². The summed E-state index contributed by atoms with van der Waals surface area (Å²) in [4.78, 5) is 18.2. The molecular formula is C14H18BrClN2O3. The van der Waals surface area contributed by atoms with E-state index in [2.05, 4.69) is 20.9 Å². The summed E-state index contributed by atoms with van der Waals surface area (Å²) in [6.07, 6.45) is 1.78. The maximum absolute atomic E-state index is 12.3. The first-order valence-electron chi connectivity index (χ1n) is 6.71. The van der Waals surface area contributed by atoms with E-state index in [0.29, 0.717) is 15.4 Å². The molecule has 2 rings (SSSR count). The van der Waals surface area contributed by atoms with Gasteiger partial charge in [-0.15, -0.1) is 0 Å². The van der Waals surface area contributed by atoms with E-state index in [1.54, 1.807) is 6.07 Å². The van der Waals surface area contributed by atoms with E-state index in [9.17, 15) is 4.79 Å². The van der Waals surface area contributed by atoms with Crippen LogP contribution in [0.2, 0.25) is 5.15 Å². The molecule has 2 heterocycles. The Balaban J connectivity index is 2.12. The molecule has 0 saturated carbocycles. The zero-order valence-corrected chi connectivity index (χ0v) is 14.6. The van der Waals surface area contributed by atoms with Crippen molar-refractivity contribution in [2.24, 2.45) is 0 Å². The maximum Gasteiger partial charge on any atom is 0.363 e. The Morgan fingerprint density at radius 1 is 1.48 bits per heavy atom. The van der Waals surface area contributed by atoms with Gasteiger partial charge in [0.25, 0.3) is 6.23 Å². The van der Waals surface area contributed by atoms with Gasteiger partial charge in [-0.1, -0.05) is 11.6 Å². The minimum Gasteiger partial charge on any atom is -0.462 e. The van der Waals surface area contributed by atoms with Crippen LogP contribution < -0.4 is 4.74 Å². The number of halogens is 2. The van der Waals surface area contributed by atoms with Crippen LogP contribution in [0.15, 0.2) is 16.7 Å². The van der Waals surface area contributed by atoms with Crippen LogP contribution in [0.25, 0.3) is 0 Å². The fourth-order valence-corrected chi connectivity index (χ4v) is 2.23. The van der Waals surface area contributed by atoms with Gasteiger partial charge in [-0.2, -0.15) is 0 Å². The van der Waals surface area contributed by atoms with E-state index in [4.69, 9.17) is 21.1 Å². The predicted octanol–water partition coefficient (Wildman–Crippen LogP) is 3.25. The molecule has 0 bridgehead atoms. The van der Waals surface area contributed by atoms with Crippen LogP contribution in [0.1, 0.15) is 27.2 Å². The topological polar surface area (TPSA) is 51.7 Å². The highest BCUT2D eigenvalue weighted by atomic mass is 79.9. The minimum atomic E-state index is -0.757. The molecular weight excluding hydrogens is 360 g/mol. The molecule has 0 radical (unpaired) electrons. The van der Waals surface area contributed by atoms with Crippen LogP contribution in [-0.4, -0.2) is 40.8 Å². The van der Waals surface area contributed by atoms with Crippen LogP contribution in [-0.2, 0) is 9.53 Å². The monoisotopic (exact) mass is 376 g/mol. The SMILES string of the molecule is CC(C)(C)OC(=O)C(Oc1cnc(Cl)c(Br)c1)N1CCC1. The van der Waals surface area contributed by atoms with E-state index in [-0.39, 0.29) is 0 Å². The molecule has 7 heteroatoms. The van der Waals surface area contributed by atoms with Gasteiger partial charge in [0.2, 0.25) is 0 Å². The molecule has 116 valence electrons. The van der Waals surface area contributed by atoms with Gasteiger partial charge in [0.05, 0.1) is 10.7 Å². The standard InChI is InChI=1S/C14H18BrClN2O3/c1-14(2,3)21-13(19)12(18-5-4-6-18)20-9-7-10(15)11(16)17-8-9/h7-8,12H,4-6H2,1-3H3. The summed E-state index contributed by atoms with van der Waals surface area (Å²) >= 11 is 9.14. The first kappa shape index (κ1) is 16.5. The van der Waals surface area contributed by atoms with Crippen LogP contribution in [0.3, 0.4) is 0 Å². The molecule has 0 amide bonds. The quantitative estimate of drug-likeness (QED) is 0.595. The number of hydrogen-bond acceptors (Lipinski definition) is 5. The average molecular weight is 378 g/mol. The third-order valence-corrected chi connectivity index (χ3v) is 3.98. The number of carbonyl (C=O) groups is 1. The first-order valence-corrected chi connectivity index (χ1v) is 7.88. The molecule has 1 aliphatic heterocycles. The summed E-state index contributed by atoms with van der Waals surface area (Å²) in [7, 11) is 0. The number of aromatic nitrogens is 1. The number of rotatable bonds is 4. The van der Waals surface area contributed by atoms with Gasteiger partial charge in [0, 0.05) is 13.1 Å². The molecule has 1 aliphatic rings. The summed E-state index contributed by atoms with van der Waals surface area (Å²) in [5.74, 6) is 0.0716. The van der Waals surface area contributed by atoms with Crippen LogP contribution in [0.5, 0.6) is 5.75 Å². The lowest BCUT2D eigenvalue weighted by Crippen LogP contribution is -2.53. The third kappa shape index (κ3) is 4.56. The van der Waals surface area contributed by atoms with Crippen molar-refractivity contribution in [1.29, 1.82) is 0 Å². The van der Waals surface area contributed by atoms with E-state index in [1.165, 1.54) is 6.20 Å². The Bertz CT molecular complexity index is 529. The van der Waals surface area contributed by atoms with Gasteiger partial charge in [-0.25, -0.2) is 9.78 Å². The number of ether oxygens (including phenoxy) is 2. The molecule has 5 nitrogen and oxygen atoms in total. The number of nitrogens with zero attached hydrogens (tertiary/aromatic N) is 2. The van der Waals surface area contributed by atoms with Crippen LogP contribution >= 0.6 is 27.5 Å². The van der Waals surface area contributed by atoms with E-state index >= 15 is 0 Å². The molecule has 1 aromatic heterocycles. The Kier molecular flexibility index (Phi) is 5.11. The fourth-order valence-electron chi connectivity index (χ4n) is 1.80. The molecule has 1 saturated heterocycles. The number of likely N-dealkylation sites (tertiary alicyclic amines) is 1. The Labute approximate surface area is 137 Å². The van der Waals surface area contributed by atoms with Crippen molar-refractivity contribution in [3.05, 3.63) is 21.9 Å². The molecule has 0 aromatic carbocycles. The maximum atomic E-state index is 12.3. The van der Waals surface area contributed by atoms with Crippen molar-refractivity contribution >= 4 is 33.5 Å². The molecule has 1 atom stereocenters. The Hall–Kier alpha value is -0.850. The van der Waals surface area contributed by atoms with Gasteiger partial charge in [-0.3, -0.25) is 4.90 Å². The summed E-state index contributed by atoms with van der Waals surface area (Å²) in [5.41, 5.74) is -0.553. The van der Waals surface area contributed by atoms with E-state index in [0.717, 1.165) is 19.5 Å². The normalized spacial score (nSPS) is 17.0. The van der Waals surface area contributed by atoms with Gasteiger partial charge >= 0.3 is 5.97 Å². The lowest BCUT2D eigenvalue weighted by molar-refractivity contribution is -0.176. The highest BCUT2D eigenvalue weighted by Crippen LogP contribution is 2.26. The number of pyridine rings is 1. The van der Waals surface area contributed by atoms with Crippen molar-refractivity contribution in [3.8, 4) is 5.75 Å². The largest absolute Gasteiger partial charge is 0.462 e. The predicted molar refractivity (Wildman–Crippen MR) is 83.4 cm³/mol. The number of hydrogen-bond donors (Lipinski definition) is 0. The zero-order valence-electron chi connectivity index (χ0n) is 12.2. The number of esters is 1. The van der Waals surface area contributed by atoms with E-state index in [1.807, 2.05) is 25.7 Å². The summed E-state index contributed by atoms with van der Waals surface area (Å²) in [6.45, 7) is 7.12. The molecule has 0 aliphatic carbocycles. The molecule has 1 unspecified atom stereocenters. The molecule has 1 aromatic rings. The lowest BCUT2D eigenvalue weighted by atomic mass is 10.2. The Morgan fingerprint density at radius 2 is 2.14 bits per heavy atom. The second-order valence-electron chi connectivity index (χ2n) is 5.84. The first-order chi connectivity index (χ1) is 9.76. The smallest absolute Gasteiger partial charge is 0.363 e. The van der Waals surface area contributed by atoms with E-state index < -0.39 is 17.8 Å². The minimum absolute atomic E-state index is 0.347.